The van der Waals surface area contributed by atoms with Crippen LogP contribution in [0.15, 0.2) is 43.0 Å². The molecular formula is C13H8F4N4. The van der Waals surface area contributed by atoms with Gasteiger partial charge in [0.05, 0.1) is 23.6 Å². The zero-order valence-corrected chi connectivity index (χ0v) is 10.4. The Morgan fingerprint density at radius 3 is 2.71 bits per heavy atom. The van der Waals surface area contributed by atoms with E-state index in [2.05, 4.69) is 15.3 Å². The molecule has 0 aliphatic carbocycles. The zero-order valence-electron chi connectivity index (χ0n) is 10.4. The summed E-state index contributed by atoms with van der Waals surface area (Å²) in [6.45, 7) is 0. The van der Waals surface area contributed by atoms with Crippen molar-refractivity contribution in [3.05, 3.63) is 54.4 Å². The van der Waals surface area contributed by atoms with Crippen molar-refractivity contribution in [2.24, 2.45) is 0 Å². The van der Waals surface area contributed by atoms with E-state index in [9.17, 15) is 17.6 Å². The van der Waals surface area contributed by atoms with Crippen LogP contribution in [-0.2, 0) is 6.18 Å². The standard InChI is InChI=1S/C13H8F4N4/c14-8-1-2-10(9(5-8)13(15,16)17)20-12-7-19-11-6-18-3-4-21(11)12/h1-7,20H. The molecule has 108 valence electrons. The van der Waals surface area contributed by atoms with Gasteiger partial charge in [-0.1, -0.05) is 0 Å². The monoisotopic (exact) mass is 296 g/mol. The first-order chi connectivity index (χ1) is 9.95. The van der Waals surface area contributed by atoms with Gasteiger partial charge in [-0.25, -0.2) is 9.37 Å². The molecule has 1 aromatic carbocycles. The molecule has 1 N–H and O–H groups in total. The van der Waals surface area contributed by atoms with Gasteiger partial charge >= 0.3 is 6.18 Å². The molecule has 0 fully saturated rings. The highest BCUT2D eigenvalue weighted by atomic mass is 19.4. The van der Waals surface area contributed by atoms with Crippen molar-refractivity contribution in [1.29, 1.82) is 0 Å². The summed E-state index contributed by atoms with van der Waals surface area (Å²) in [5.41, 5.74) is -0.843. The Balaban J connectivity index is 2.06. The summed E-state index contributed by atoms with van der Waals surface area (Å²) in [7, 11) is 0. The highest BCUT2D eigenvalue weighted by Crippen LogP contribution is 2.36. The maximum Gasteiger partial charge on any atom is 0.418 e. The first-order valence-electron chi connectivity index (χ1n) is 5.86. The van der Waals surface area contributed by atoms with Gasteiger partial charge in [-0.05, 0) is 18.2 Å². The molecule has 8 heteroatoms. The number of alkyl halides is 3. The van der Waals surface area contributed by atoms with E-state index in [-0.39, 0.29) is 5.69 Å². The number of halogens is 4. The van der Waals surface area contributed by atoms with E-state index in [4.69, 9.17) is 0 Å². The third-order valence-corrected chi connectivity index (χ3v) is 2.87. The molecule has 0 atom stereocenters. The second-order valence-electron chi connectivity index (χ2n) is 4.26. The summed E-state index contributed by atoms with van der Waals surface area (Å²) in [6, 6.07) is 2.45. The molecule has 0 bridgehead atoms. The minimum Gasteiger partial charge on any atom is -0.340 e. The van der Waals surface area contributed by atoms with E-state index in [1.54, 1.807) is 6.20 Å². The molecule has 2 heterocycles. The Bertz CT molecular complexity index is 794. The van der Waals surface area contributed by atoms with Crippen LogP contribution in [0, 0.1) is 5.82 Å². The van der Waals surface area contributed by atoms with E-state index in [1.165, 1.54) is 23.0 Å². The summed E-state index contributed by atoms with van der Waals surface area (Å²) in [5.74, 6) is -0.625. The largest absolute Gasteiger partial charge is 0.418 e. The number of hydrogen-bond acceptors (Lipinski definition) is 3. The first kappa shape index (κ1) is 13.3. The van der Waals surface area contributed by atoms with Gasteiger partial charge in [-0.15, -0.1) is 0 Å². The third kappa shape index (κ3) is 2.51. The predicted molar refractivity (Wildman–Crippen MR) is 67.7 cm³/mol. The Morgan fingerprint density at radius 1 is 1.14 bits per heavy atom. The molecule has 0 aliphatic rings. The molecule has 0 amide bonds. The summed E-state index contributed by atoms with van der Waals surface area (Å²) >= 11 is 0. The van der Waals surface area contributed by atoms with E-state index < -0.39 is 17.6 Å². The van der Waals surface area contributed by atoms with E-state index >= 15 is 0 Å². The van der Waals surface area contributed by atoms with Gasteiger partial charge in [0.1, 0.15) is 11.6 Å². The number of nitrogens with zero attached hydrogens (tertiary/aromatic N) is 3. The average molecular weight is 296 g/mol. The number of benzene rings is 1. The molecule has 0 aliphatic heterocycles. The fourth-order valence-electron chi connectivity index (χ4n) is 1.93. The highest BCUT2D eigenvalue weighted by Gasteiger charge is 2.34. The van der Waals surface area contributed by atoms with Crippen molar-refractivity contribution in [3.8, 4) is 0 Å². The quantitative estimate of drug-likeness (QED) is 0.734. The minimum atomic E-state index is -4.66. The fourth-order valence-corrected chi connectivity index (χ4v) is 1.93. The smallest absolute Gasteiger partial charge is 0.340 e. The maximum absolute atomic E-state index is 13.1. The highest BCUT2D eigenvalue weighted by molar-refractivity contribution is 5.63. The molecule has 0 spiro atoms. The molecule has 0 saturated carbocycles. The van der Waals surface area contributed by atoms with Crippen LogP contribution in [0.5, 0.6) is 0 Å². The van der Waals surface area contributed by atoms with Crippen molar-refractivity contribution >= 4 is 17.2 Å². The summed E-state index contributed by atoms with van der Waals surface area (Å²) in [4.78, 5) is 7.87. The van der Waals surface area contributed by atoms with Gasteiger partial charge in [-0.3, -0.25) is 9.38 Å². The third-order valence-electron chi connectivity index (χ3n) is 2.87. The Morgan fingerprint density at radius 2 is 1.95 bits per heavy atom. The van der Waals surface area contributed by atoms with Gasteiger partial charge in [0.2, 0.25) is 0 Å². The number of imidazole rings is 1. The maximum atomic E-state index is 13.1. The van der Waals surface area contributed by atoms with E-state index in [1.807, 2.05) is 0 Å². The van der Waals surface area contributed by atoms with Crippen molar-refractivity contribution < 1.29 is 17.6 Å². The van der Waals surface area contributed by atoms with Crippen molar-refractivity contribution in [3.63, 3.8) is 0 Å². The second kappa shape index (κ2) is 4.72. The molecule has 2 aromatic heterocycles. The minimum absolute atomic E-state index is 0.248. The predicted octanol–water partition coefficient (Wildman–Crippen LogP) is 3.63. The molecule has 21 heavy (non-hydrogen) atoms. The SMILES string of the molecule is Fc1ccc(Nc2cnc3cnccn23)c(C(F)(F)F)c1. The number of hydrogen-bond donors (Lipinski definition) is 1. The summed E-state index contributed by atoms with van der Waals surface area (Å²) in [6.07, 6.45) is 1.23. The van der Waals surface area contributed by atoms with Crippen LogP contribution < -0.4 is 5.32 Å². The molecule has 3 rings (SSSR count). The lowest BCUT2D eigenvalue weighted by Crippen LogP contribution is -2.10. The van der Waals surface area contributed by atoms with Crippen LogP contribution in [0.3, 0.4) is 0 Å². The van der Waals surface area contributed by atoms with Crippen molar-refractivity contribution in [1.82, 2.24) is 14.4 Å². The zero-order chi connectivity index (χ0) is 15.0. The fraction of sp³-hybridized carbons (Fsp3) is 0.0769. The van der Waals surface area contributed by atoms with Crippen LogP contribution in [0.4, 0.5) is 29.1 Å². The Hall–Kier alpha value is -2.64. The van der Waals surface area contributed by atoms with Gasteiger partial charge in [0, 0.05) is 12.4 Å². The average Bonchev–Trinajstić information content (AvgIpc) is 2.83. The van der Waals surface area contributed by atoms with Crippen LogP contribution >= 0.6 is 0 Å². The second-order valence-corrected chi connectivity index (χ2v) is 4.26. The lowest BCUT2D eigenvalue weighted by atomic mass is 10.1. The number of aromatic nitrogens is 3. The van der Waals surface area contributed by atoms with Crippen LogP contribution in [0.2, 0.25) is 0 Å². The molecule has 3 aromatic rings. The van der Waals surface area contributed by atoms with Crippen molar-refractivity contribution in [2.45, 2.75) is 6.18 Å². The Kier molecular flexibility index (Phi) is 3.00. The number of fused-ring (bicyclic) bond motifs is 1. The van der Waals surface area contributed by atoms with Gasteiger partial charge in [0.25, 0.3) is 0 Å². The Labute approximate surface area is 116 Å². The van der Waals surface area contributed by atoms with Gasteiger partial charge in [-0.2, -0.15) is 13.2 Å². The first-order valence-corrected chi connectivity index (χ1v) is 5.86. The van der Waals surface area contributed by atoms with Crippen LogP contribution in [0.25, 0.3) is 5.65 Å². The van der Waals surface area contributed by atoms with Crippen LogP contribution in [0.1, 0.15) is 5.56 Å². The summed E-state index contributed by atoms with van der Waals surface area (Å²) < 4.78 is 53.4. The molecule has 4 nitrogen and oxygen atoms in total. The van der Waals surface area contributed by atoms with Crippen LogP contribution in [-0.4, -0.2) is 14.4 Å². The molecular weight excluding hydrogens is 288 g/mol. The number of rotatable bonds is 2. The van der Waals surface area contributed by atoms with E-state index in [0.29, 0.717) is 17.5 Å². The van der Waals surface area contributed by atoms with Gasteiger partial charge in [0.15, 0.2) is 5.65 Å². The number of nitrogens with one attached hydrogen (secondary N) is 1. The van der Waals surface area contributed by atoms with E-state index in [0.717, 1.165) is 12.1 Å². The molecule has 0 unspecified atom stereocenters. The lowest BCUT2D eigenvalue weighted by Gasteiger charge is -2.14. The topological polar surface area (TPSA) is 42.2 Å². The number of anilines is 2. The summed E-state index contributed by atoms with van der Waals surface area (Å²) in [5, 5.41) is 2.62. The van der Waals surface area contributed by atoms with Crippen molar-refractivity contribution in [2.75, 3.05) is 5.32 Å². The lowest BCUT2D eigenvalue weighted by molar-refractivity contribution is -0.137. The normalized spacial score (nSPS) is 11.8. The molecule has 0 radical (unpaired) electrons. The molecule has 0 saturated heterocycles. The van der Waals surface area contributed by atoms with Gasteiger partial charge < -0.3 is 5.32 Å².